The zero-order valence-electron chi connectivity index (χ0n) is 14.3. The van der Waals surface area contributed by atoms with E-state index in [1.807, 2.05) is 0 Å². The molecule has 140 valence electrons. The summed E-state index contributed by atoms with van der Waals surface area (Å²) in [5, 5.41) is 9.65. The molecule has 4 rings (SSSR count). The number of phenolic OH excluding ortho intramolecular Hbond substituents is 1. The fourth-order valence-electron chi connectivity index (χ4n) is 2.95. The first-order valence-electron chi connectivity index (χ1n) is 8.32. The van der Waals surface area contributed by atoms with E-state index in [-0.39, 0.29) is 11.1 Å². The highest BCUT2D eigenvalue weighted by Crippen LogP contribution is 2.32. The molecule has 0 atom stereocenters. The van der Waals surface area contributed by atoms with Crippen LogP contribution >= 0.6 is 0 Å². The van der Waals surface area contributed by atoms with Crippen molar-refractivity contribution in [2.24, 2.45) is 0 Å². The molecule has 7 heteroatoms. The average Bonchev–Trinajstić information content (AvgIpc) is 2.68. The Bertz CT molecular complexity index is 1230. The van der Waals surface area contributed by atoms with Crippen LogP contribution in [0.1, 0.15) is 5.56 Å². The van der Waals surface area contributed by atoms with Crippen LogP contribution in [0.15, 0.2) is 71.5 Å². The van der Waals surface area contributed by atoms with Crippen LogP contribution in [0.2, 0.25) is 0 Å². The van der Waals surface area contributed by atoms with Crippen LogP contribution in [-0.4, -0.2) is 15.1 Å². The van der Waals surface area contributed by atoms with E-state index in [0.717, 1.165) is 12.1 Å². The van der Waals surface area contributed by atoms with Crippen molar-refractivity contribution < 1.29 is 18.3 Å². The van der Waals surface area contributed by atoms with Crippen molar-refractivity contribution in [2.75, 3.05) is 0 Å². The summed E-state index contributed by atoms with van der Waals surface area (Å²) in [7, 11) is 0. The van der Waals surface area contributed by atoms with Crippen LogP contribution in [0.3, 0.4) is 0 Å². The molecule has 0 amide bonds. The van der Waals surface area contributed by atoms with Crippen LogP contribution in [0.4, 0.5) is 13.2 Å². The van der Waals surface area contributed by atoms with Crippen LogP contribution < -0.4 is 5.56 Å². The van der Waals surface area contributed by atoms with E-state index in [4.69, 9.17) is 0 Å². The largest absolute Gasteiger partial charge is 0.508 e. The molecule has 0 bridgehead atoms. The third kappa shape index (κ3) is 3.34. The Labute approximate surface area is 156 Å². The van der Waals surface area contributed by atoms with Gasteiger partial charge in [0.15, 0.2) is 0 Å². The minimum absolute atomic E-state index is 0.0950. The van der Waals surface area contributed by atoms with Crippen molar-refractivity contribution in [3.8, 4) is 28.3 Å². The average molecular weight is 382 g/mol. The minimum Gasteiger partial charge on any atom is -0.508 e. The fraction of sp³-hybridized carbons (Fsp3) is 0.0476. The molecule has 2 N–H and O–H groups in total. The molecule has 0 fully saturated rings. The first kappa shape index (κ1) is 17.8. The molecular formula is C21H13F3N2O2. The summed E-state index contributed by atoms with van der Waals surface area (Å²) in [5.74, 6) is 0.432. The van der Waals surface area contributed by atoms with Gasteiger partial charge in [0.1, 0.15) is 11.6 Å². The predicted molar refractivity (Wildman–Crippen MR) is 99.9 cm³/mol. The number of H-pyrrole nitrogens is 1. The number of phenols is 1. The molecule has 0 aliphatic heterocycles. The van der Waals surface area contributed by atoms with Gasteiger partial charge in [-0.05, 0) is 59.7 Å². The fourth-order valence-corrected chi connectivity index (χ4v) is 2.95. The molecule has 0 saturated carbocycles. The number of rotatable bonds is 2. The van der Waals surface area contributed by atoms with Gasteiger partial charge in [0.25, 0.3) is 5.56 Å². The third-order valence-electron chi connectivity index (χ3n) is 4.37. The standard InChI is InChI=1S/C21H13F3N2O2/c22-21(23,24)15-3-1-2-13(10-15)14-6-9-18-17(11-14)20(28)26-19(25-18)12-4-7-16(27)8-5-12/h1-11,27H,(H,25,26,28). The summed E-state index contributed by atoms with van der Waals surface area (Å²) < 4.78 is 38.9. The summed E-state index contributed by atoms with van der Waals surface area (Å²) in [6.07, 6.45) is -4.44. The number of fused-ring (bicyclic) bond motifs is 1. The van der Waals surface area contributed by atoms with Crippen molar-refractivity contribution in [1.29, 1.82) is 0 Å². The number of nitrogens with zero attached hydrogens (tertiary/aromatic N) is 1. The number of halogens is 3. The summed E-state index contributed by atoms with van der Waals surface area (Å²) in [6, 6.07) is 15.9. The van der Waals surface area contributed by atoms with Gasteiger partial charge in [0.2, 0.25) is 0 Å². The molecule has 28 heavy (non-hydrogen) atoms. The van der Waals surface area contributed by atoms with Gasteiger partial charge in [-0.3, -0.25) is 4.79 Å². The van der Waals surface area contributed by atoms with Crippen LogP contribution in [0.5, 0.6) is 5.75 Å². The molecule has 1 heterocycles. The molecule has 1 aromatic heterocycles. The summed E-state index contributed by atoms with van der Waals surface area (Å²) in [5.41, 5.74) is 0.741. The first-order valence-corrected chi connectivity index (χ1v) is 8.32. The van der Waals surface area contributed by atoms with Gasteiger partial charge in [-0.25, -0.2) is 4.98 Å². The van der Waals surface area contributed by atoms with Crippen LogP contribution in [-0.2, 0) is 6.18 Å². The van der Waals surface area contributed by atoms with Crippen molar-refractivity contribution in [3.05, 3.63) is 82.6 Å². The zero-order valence-corrected chi connectivity index (χ0v) is 14.3. The number of alkyl halides is 3. The van der Waals surface area contributed by atoms with Gasteiger partial charge < -0.3 is 10.1 Å². The van der Waals surface area contributed by atoms with Crippen LogP contribution in [0, 0.1) is 0 Å². The Kier molecular flexibility index (Phi) is 4.15. The Morgan fingerprint density at radius 1 is 0.857 bits per heavy atom. The number of aromatic amines is 1. The van der Waals surface area contributed by atoms with Gasteiger partial charge in [-0.2, -0.15) is 13.2 Å². The highest BCUT2D eigenvalue weighted by atomic mass is 19.4. The van der Waals surface area contributed by atoms with E-state index in [2.05, 4.69) is 9.97 Å². The number of nitrogens with one attached hydrogen (secondary N) is 1. The molecule has 0 aliphatic carbocycles. The number of hydrogen-bond acceptors (Lipinski definition) is 3. The van der Waals surface area contributed by atoms with E-state index >= 15 is 0 Å². The Balaban J connectivity index is 1.80. The van der Waals surface area contributed by atoms with Crippen molar-refractivity contribution >= 4 is 10.9 Å². The second kappa shape index (κ2) is 6.53. The van der Waals surface area contributed by atoms with Gasteiger partial charge in [0, 0.05) is 5.56 Å². The van der Waals surface area contributed by atoms with Crippen molar-refractivity contribution in [3.63, 3.8) is 0 Å². The topological polar surface area (TPSA) is 66.0 Å². The minimum atomic E-state index is -4.44. The highest BCUT2D eigenvalue weighted by Gasteiger charge is 2.30. The van der Waals surface area contributed by atoms with E-state index in [9.17, 15) is 23.1 Å². The third-order valence-corrected chi connectivity index (χ3v) is 4.37. The maximum Gasteiger partial charge on any atom is 0.416 e. The second-order valence-electron chi connectivity index (χ2n) is 6.27. The van der Waals surface area contributed by atoms with E-state index in [1.54, 1.807) is 30.3 Å². The highest BCUT2D eigenvalue weighted by molar-refractivity contribution is 5.85. The maximum atomic E-state index is 13.0. The maximum absolute atomic E-state index is 13.0. The second-order valence-corrected chi connectivity index (χ2v) is 6.27. The molecule has 4 nitrogen and oxygen atoms in total. The molecule has 4 aromatic rings. The first-order chi connectivity index (χ1) is 13.3. The molecule has 0 radical (unpaired) electrons. The lowest BCUT2D eigenvalue weighted by atomic mass is 10.0. The lowest BCUT2D eigenvalue weighted by Gasteiger charge is -2.10. The van der Waals surface area contributed by atoms with Gasteiger partial charge in [0.05, 0.1) is 16.5 Å². The lowest BCUT2D eigenvalue weighted by molar-refractivity contribution is -0.137. The van der Waals surface area contributed by atoms with Gasteiger partial charge in [-0.1, -0.05) is 18.2 Å². The van der Waals surface area contributed by atoms with Crippen molar-refractivity contribution in [2.45, 2.75) is 6.18 Å². The van der Waals surface area contributed by atoms with Crippen molar-refractivity contribution in [1.82, 2.24) is 9.97 Å². The number of aromatic hydroxyl groups is 1. The Morgan fingerprint density at radius 2 is 1.54 bits per heavy atom. The van der Waals surface area contributed by atoms with E-state index in [1.165, 1.54) is 24.3 Å². The number of benzene rings is 3. The van der Waals surface area contributed by atoms with Crippen LogP contribution in [0.25, 0.3) is 33.4 Å². The smallest absolute Gasteiger partial charge is 0.416 e. The summed E-state index contributed by atoms with van der Waals surface area (Å²) >= 11 is 0. The Hall–Kier alpha value is -3.61. The summed E-state index contributed by atoms with van der Waals surface area (Å²) in [4.78, 5) is 19.6. The van der Waals surface area contributed by atoms with Gasteiger partial charge >= 0.3 is 6.18 Å². The normalized spacial score (nSPS) is 11.7. The SMILES string of the molecule is O=c1[nH]c(-c2ccc(O)cc2)nc2ccc(-c3cccc(C(F)(F)F)c3)cc12. The van der Waals surface area contributed by atoms with E-state index in [0.29, 0.717) is 28.0 Å². The molecule has 0 aliphatic rings. The molecule has 0 saturated heterocycles. The zero-order chi connectivity index (χ0) is 19.9. The molecule has 3 aromatic carbocycles. The van der Waals surface area contributed by atoms with Gasteiger partial charge in [-0.15, -0.1) is 0 Å². The number of hydrogen-bond donors (Lipinski definition) is 2. The number of aromatic nitrogens is 2. The molecule has 0 unspecified atom stereocenters. The van der Waals surface area contributed by atoms with E-state index < -0.39 is 17.3 Å². The lowest BCUT2D eigenvalue weighted by Crippen LogP contribution is -2.09. The Morgan fingerprint density at radius 3 is 2.25 bits per heavy atom. The molecular weight excluding hydrogens is 369 g/mol. The quantitative estimate of drug-likeness (QED) is 0.514. The predicted octanol–water partition coefficient (Wildman–Crippen LogP) is 4.98. The monoisotopic (exact) mass is 382 g/mol. The molecule has 0 spiro atoms. The summed E-state index contributed by atoms with van der Waals surface area (Å²) in [6.45, 7) is 0.